The van der Waals surface area contributed by atoms with Crippen molar-refractivity contribution in [3.63, 3.8) is 0 Å². The van der Waals surface area contributed by atoms with Crippen LogP contribution in [0.2, 0.25) is 0 Å². The summed E-state index contributed by atoms with van der Waals surface area (Å²) in [5, 5.41) is 7.69. The molecule has 0 radical (unpaired) electrons. The number of anilines is 1. The van der Waals surface area contributed by atoms with Gasteiger partial charge in [0.25, 0.3) is 0 Å². The maximum atomic E-state index is 10.4. The minimum absolute atomic E-state index is 0.520. The van der Waals surface area contributed by atoms with Gasteiger partial charge < -0.3 is 24.4 Å². The van der Waals surface area contributed by atoms with E-state index in [1.807, 2.05) is 5.38 Å². The summed E-state index contributed by atoms with van der Waals surface area (Å²) in [7, 11) is 1.60. The highest BCUT2D eigenvalue weighted by Gasteiger charge is 2.14. The zero-order valence-electron chi connectivity index (χ0n) is 15.1. The molecule has 0 atom stereocenters. The molecule has 2 fully saturated rings. The minimum Gasteiger partial charge on any atom is -0.480 e. The van der Waals surface area contributed by atoms with Crippen LogP contribution in [-0.2, 0) is 9.47 Å². The molecule has 0 aromatic carbocycles. The molecule has 4 rings (SSSR count). The number of carbonyl (C=O) groups excluding carboxylic acids is 1. The van der Waals surface area contributed by atoms with Crippen molar-refractivity contribution >= 4 is 50.0 Å². The Morgan fingerprint density at radius 3 is 2.26 bits per heavy atom. The molecule has 2 aliphatic rings. The molecule has 11 heteroatoms. The van der Waals surface area contributed by atoms with E-state index in [9.17, 15) is 4.79 Å². The Labute approximate surface area is 175 Å². The Morgan fingerprint density at radius 2 is 1.85 bits per heavy atom. The van der Waals surface area contributed by atoms with E-state index in [4.69, 9.17) is 14.2 Å². The van der Waals surface area contributed by atoms with Crippen molar-refractivity contribution < 1.29 is 19.0 Å². The van der Waals surface area contributed by atoms with E-state index in [1.165, 1.54) is 22.7 Å². The van der Waals surface area contributed by atoms with Gasteiger partial charge in [0.05, 0.1) is 38.9 Å². The molecule has 2 aromatic heterocycles. The Bertz CT molecular complexity index is 649. The molecule has 27 heavy (non-hydrogen) atoms. The number of ether oxygens (including phenoxy) is 3. The van der Waals surface area contributed by atoms with Crippen molar-refractivity contribution in [3.05, 3.63) is 20.4 Å². The summed E-state index contributed by atoms with van der Waals surface area (Å²) in [5.74, 6) is 0.668. The van der Waals surface area contributed by atoms with Crippen molar-refractivity contribution in [1.82, 2.24) is 15.3 Å². The summed E-state index contributed by atoms with van der Waals surface area (Å²) in [4.78, 5) is 20.7. The monoisotopic (exact) mass is 478 g/mol. The normalized spacial score (nSPS) is 16.4. The van der Waals surface area contributed by atoms with E-state index in [0.717, 1.165) is 67.9 Å². The number of morpholine rings is 2. The van der Waals surface area contributed by atoms with Crippen molar-refractivity contribution in [2.24, 2.45) is 0 Å². The Balaban J connectivity index is 0.000000159. The van der Waals surface area contributed by atoms with Crippen LogP contribution in [0.25, 0.3) is 0 Å². The zero-order valence-corrected chi connectivity index (χ0v) is 18.3. The topological polar surface area (TPSA) is 85.8 Å². The number of halogens is 1. The number of aromatic nitrogens is 2. The highest BCUT2D eigenvalue weighted by atomic mass is 79.9. The molecule has 0 spiro atoms. The first-order valence-electron chi connectivity index (χ1n) is 8.40. The van der Waals surface area contributed by atoms with Gasteiger partial charge in [0.1, 0.15) is 5.69 Å². The van der Waals surface area contributed by atoms with Crippen molar-refractivity contribution in [2.45, 2.75) is 0 Å². The van der Waals surface area contributed by atoms with E-state index in [1.54, 1.807) is 12.5 Å². The van der Waals surface area contributed by atoms with Gasteiger partial charge in [0, 0.05) is 31.6 Å². The van der Waals surface area contributed by atoms with Crippen molar-refractivity contribution in [2.75, 3.05) is 64.6 Å². The van der Waals surface area contributed by atoms with Crippen LogP contribution < -0.4 is 15.0 Å². The number of carbonyl (C=O) groups is 1. The van der Waals surface area contributed by atoms with Crippen molar-refractivity contribution in [3.8, 4) is 5.88 Å². The van der Waals surface area contributed by atoms with Gasteiger partial charge in [-0.2, -0.15) is 4.98 Å². The number of rotatable bonds is 3. The minimum atomic E-state index is 0.520. The van der Waals surface area contributed by atoms with Gasteiger partial charge in [0.15, 0.2) is 15.3 Å². The maximum Gasteiger partial charge on any atom is 0.225 e. The number of methoxy groups -OCH3 is 1. The standard InChI is InChI=1S/C8H10N2O2S.C4H4BrNOS.C4H9NO/c11-5-7-6-13-8(9-7)10-1-3-12-4-2-10;1-7-3-2-8-4(5)6-3;1-3-6-4-2-5-1/h5-6H,1-4H2;2H,1H3;5H,1-4H2. The lowest BCUT2D eigenvalue weighted by molar-refractivity contribution is 0.109. The van der Waals surface area contributed by atoms with Gasteiger partial charge in [-0.15, -0.1) is 22.7 Å². The number of nitrogens with one attached hydrogen (secondary N) is 1. The van der Waals surface area contributed by atoms with Crippen molar-refractivity contribution in [1.29, 1.82) is 0 Å². The summed E-state index contributed by atoms with van der Waals surface area (Å²) in [6.07, 6.45) is 0.778. The summed E-state index contributed by atoms with van der Waals surface area (Å²) >= 11 is 6.22. The molecular weight excluding hydrogens is 456 g/mol. The first-order chi connectivity index (χ1) is 13.2. The number of hydrogen-bond acceptors (Lipinski definition) is 10. The third-order valence-electron chi connectivity index (χ3n) is 3.42. The fourth-order valence-electron chi connectivity index (χ4n) is 2.08. The van der Waals surface area contributed by atoms with Crippen LogP contribution in [0.1, 0.15) is 10.5 Å². The predicted molar refractivity (Wildman–Crippen MR) is 111 cm³/mol. The SMILES string of the molecule is C1COCCN1.COc1csc(Br)n1.O=Cc1csc(N2CCOCC2)n1. The molecule has 0 bridgehead atoms. The average molecular weight is 479 g/mol. The summed E-state index contributed by atoms with van der Waals surface area (Å²) in [6, 6.07) is 0. The highest BCUT2D eigenvalue weighted by molar-refractivity contribution is 9.11. The molecule has 1 N–H and O–H groups in total. The molecule has 2 aromatic rings. The summed E-state index contributed by atoms with van der Waals surface area (Å²) in [5.41, 5.74) is 0.520. The van der Waals surface area contributed by atoms with Crippen LogP contribution in [0.3, 0.4) is 0 Å². The van der Waals surface area contributed by atoms with E-state index in [2.05, 4.69) is 36.1 Å². The van der Waals surface area contributed by atoms with Gasteiger partial charge in [-0.3, -0.25) is 4.79 Å². The van der Waals surface area contributed by atoms with Crippen LogP contribution in [0, 0.1) is 0 Å². The Morgan fingerprint density at radius 1 is 1.15 bits per heavy atom. The first-order valence-corrected chi connectivity index (χ1v) is 10.9. The van der Waals surface area contributed by atoms with Gasteiger partial charge >= 0.3 is 0 Å². The maximum absolute atomic E-state index is 10.4. The van der Waals surface area contributed by atoms with Gasteiger partial charge in [0.2, 0.25) is 5.88 Å². The molecule has 8 nitrogen and oxygen atoms in total. The Hall–Kier alpha value is -1.11. The van der Waals surface area contributed by atoms with Crippen LogP contribution >= 0.6 is 38.6 Å². The largest absolute Gasteiger partial charge is 0.480 e. The van der Waals surface area contributed by atoms with E-state index in [0.29, 0.717) is 11.6 Å². The lowest BCUT2D eigenvalue weighted by atomic mass is 10.5. The zero-order chi connectivity index (χ0) is 19.3. The summed E-state index contributed by atoms with van der Waals surface area (Å²) < 4.78 is 15.9. The molecule has 4 heterocycles. The third kappa shape index (κ3) is 8.62. The first kappa shape index (κ1) is 22.2. The van der Waals surface area contributed by atoms with Gasteiger partial charge in [-0.1, -0.05) is 0 Å². The lowest BCUT2D eigenvalue weighted by Gasteiger charge is -2.25. The molecular formula is C16H23BrN4O4S2. The van der Waals surface area contributed by atoms with Crippen LogP contribution in [0.4, 0.5) is 5.13 Å². The summed E-state index contributed by atoms with van der Waals surface area (Å²) in [6.45, 7) is 7.06. The molecule has 0 saturated carbocycles. The number of aldehydes is 1. The third-order valence-corrected chi connectivity index (χ3v) is 5.69. The molecule has 0 unspecified atom stereocenters. The van der Waals surface area contributed by atoms with Gasteiger partial charge in [-0.05, 0) is 15.9 Å². The fourth-order valence-corrected chi connectivity index (χ4v) is 3.85. The van der Waals surface area contributed by atoms with E-state index < -0.39 is 0 Å². The lowest BCUT2D eigenvalue weighted by Crippen LogP contribution is -2.36. The molecule has 150 valence electrons. The average Bonchev–Trinajstić information content (AvgIpc) is 3.40. The second kappa shape index (κ2) is 13.1. The van der Waals surface area contributed by atoms with Crippen LogP contribution in [0.15, 0.2) is 14.7 Å². The molecule has 0 aliphatic carbocycles. The fraction of sp³-hybridized carbons (Fsp3) is 0.562. The second-order valence-corrected chi connectivity index (χ2v) is 8.25. The van der Waals surface area contributed by atoms with Gasteiger partial charge in [-0.25, -0.2) is 4.98 Å². The smallest absolute Gasteiger partial charge is 0.225 e. The molecule has 2 saturated heterocycles. The number of nitrogens with zero attached hydrogens (tertiary/aromatic N) is 3. The quantitative estimate of drug-likeness (QED) is 0.672. The predicted octanol–water partition coefficient (Wildman–Crippen LogP) is 2.31. The highest BCUT2D eigenvalue weighted by Crippen LogP contribution is 2.21. The number of thiazole rings is 2. The molecule has 0 amide bonds. The number of hydrogen-bond donors (Lipinski definition) is 1. The van der Waals surface area contributed by atoms with Crippen LogP contribution in [0.5, 0.6) is 5.88 Å². The Kier molecular flexibility index (Phi) is 10.8. The van der Waals surface area contributed by atoms with E-state index in [-0.39, 0.29) is 0 Å². The molecule has 2 aliphatic heterocycles. The van der Waals surface area contributed by atoms with E-state index >= 15 is 0 Å². The second-order valence-electron chi connectivity index (χ2n) is 5.28. The van der Waals surface area contributed by atoms with Crippen LogP contribution in [-0.4, -0.2) is 76.0 Å².